The zero-order valence-electron chi connectivity index (χ0n) is 15.1. The molecule has 1 aromatic heterocycles. The summed E-state index contributed by atoms with van der Waals surface area (Å²) in [5, 5.41) is 19.2. The lowest BCUT2D eigenvalue weighted by molar-refractivity contribution is 0.306. The van der Waals surface area contributed by atoms with Gasteiger partial charge in [-0.1, -0.05) is 18.2 Å². The summed E-state index contributed by atoms with van der Waals surface area (Å²) in [4.78, 5) is 14.6. The van der Waals surface area contributed by atoms with Crippen molar-refractivity contribution in [2.45, 2.75) is 6.04 Å². The minimum atomic E-state index is -1.54. The zero-order valence-corrected chi connectivity index (χ0v) is 15.9. The van der Waals surface area contributed by atoms with Crippen molar-refractivity contribution in [2.24, 2.45) is 15.9 Å². The summed E-state index contributed by atoms with van der Waals surface area (Å²) in [5.41, 5.74) is 0.506. The maximum absolute atomic E-state index is 14.0. The van der Waals surface area contributed by atoms with E-state index < -0.39 is 28.6 Å². The molecule has 9 heteroatoms. The molecule has 1 aliphatic rings. The second-order valence-electron chi connectivity index (χ2n) is 5.97. The summed E-state index contributed by atoms with van der Waals surface area (Å²) in [6.45, 7) is -0.134. The fourth-order valence-corrected chi connectivity index (χ4v) is 3.78. The Morgan fingerprint density at radius 1 is 1.36 bits per heavy atom. The van der Waals surface area contributed by atoms with Crippen molar-refractivity contribution in [1.29, 1.82) is 5.26 Å². The number of pyridine rings is 1. The van der Waals surface area contributed by atoms with Gasteiger partial charge in [-0.2, -0.15) is 5.26 Å². The quantitative estimate of drug-likeness (QED) is 0.848. The normalized spacial score (nSPS) is 21.9. The Labute approximate surface area is 164 Å². The number of benzene rings is 1. The lowest BCUT2D eigenvalue weighted by atomic mass is 9.91. The van der Waals surface area contributed by atoms with Gasteiger partial charge < -0.3 is 5.11 Å². The van der Waals surface area contributed by atoms with Crippen molar-refractivity contribution in [2.75, 3.05) is 24.3 Å². The molecule has 0 aliphatic carbocycles. The minimum absolute atomic E-state index is 0.0683. The Morgan fingerprint density at radius 2 is 2.18 bits per heavy atom. The van der Waals surface area contributed by atoms with Crippen LogP contribution in [0.4, 0.5) is 10.2 Å². The molecule has 7 nitrogen and oxygen atoms in total. The van der Waals surface area contributed by atoms with Crippen LogP contribution in [0.5, 0.6) is 0 Å². The van der Waals surface area contributed by atoms with Crippen LogP contribution in [0.1, 0.15) is 11.6 Å². The summed E-state index contributed by atoms with van der Waals surface area (Å²) in [5.74, 6) is -0.731. The number of halogens is 1. The van der Waals surface area contributed by atoms with Crippen molar-refractivity contribution in [3.63, 3.8) is 0 Å². The molecule has 2 heterocycles. The lowest BCUT2D eigenvalue weighted by Crippen LogP contribution is -2.46. The maximum Gasteiger partial charge on any atom is 0.227 e. The van der Waals surface area contributed by atoms with Crippen molar-refractivity contribution >= 4 is 27.6 Å². The van der Waals surface area contributed by atoms with E-state index in [1.54, 1.807) is 41.4 Å². The first-order valence-corrected chi connectivity index (χ1v) is 10.0. The molecule has 0 amide bonds. The standard InChI is InChI=1S/C19H18FN5O2S/c1-28(27)18-15(12-21)17(13-5-4-6-14(20)11-13)25(16-7-2-3-8-22-16)19(24-18)23-9-10-26/h2-8,11,15,17,26H,9-10H2,1H3. The Morgan fingerprint density at radius 3 is 2.79 bits per heavy atom. The third kappa shape index (κ3) is 3.98. The highest BCUT2D eigenvalue weighted by molar-refractivity contribution is 8.00. The molecule has 1 aromatic carbocycles. The van der Waals surface area contributed by atoms with Gasteiger partial charge in [0.1, 0.15) is 22.6 Å². The summed E-state index contributed by atoms with van der Waals surface area (Å²) < 4.78 is 26.3. The fourth-order valence-electron chi connectivity index (χ4n) is 3.03. The number of rotatable bonds is 4. The summed E-state index contributed by atoms with van der Waals surface area (Å²) in [6, 6.07) is 12.5. The molecular formula is C19H18FN5O2S. The zero-order chi connectivity index (χ0) is 20.1. The van der Waals surface area contributed by atoms with E-state index in [2.05, 4.69) is 21.0 Å². The van der Waals surface area contributed by atoms with E-state index in [0.29, 0.717) is 11.4 Å². The Hall–Kier alpha value is -2.96. The van der Waals surface area contributed by atoms with Crippen molar-refractivity contribution in [1.82, 2.24) is 4.98 Å². The second-order valence-corrected chi connectivity index (χ2v) is 7.30. The predicted molar refractivity (Wildman–Crippen MR) is 106 cm³/mol. The topological polar surface area (TPSA) is 102 Å². The monoisotopic (exact) mass is 399 g/mol. The Kier molecular flexibility index (Phi) is 6.23. The number of anilines is 1. The van der Waals surface area contributed by atoms with Crippen molar-refractivity contribution in [3.8, 4) is 6.07 Å². The number of aliphatic imine (C=N–C) groups is 2. The molecule has 144 valence electrons. The molecular weight excluding hydrogens is 381 g/mol. The van der Waals surface area contributed by atoms with E-state index in [1.165, 1.54) is 18.4 Å². The number of hydrogen-bond acceptors (Lipinski definition) is 5. The SMILES string of the molecule is CS(=O)C1=NC(=NCCO)N(c2ccccn2)C(c2cccc(F)c2)C1C#N. The van der Waals surface area contributed by atoms with Gasteiger partial charge in [0.2, 0.25) is 5.96 Å². The van der Waals surface area contributed by atoms with Crippen molar-refractivity contribution < 1.29 is 13.7 Å². The molecule has 2 aromatic rings. The van der Waals surface area contributed by atoms with Crippen LogP contribution >= 0.6 is 0 Å². The fraction of sp³-hybridized carbons (Fsp3) is 0.263. The average molecular weight is 399 g/mol. The molecule has 1 N–H and O–H groups in total. The second kappa shape index (κ2) is 8.82. The van der Waals surface area contributed by atoms with E-state index in [4.69, 9.17) is 0 Å². The van der Waals surface area contributed by atoms with Gasteiger partial charge in [-0.25, -0.2) is 19.4 Å². The summed E-state index contributed by atoms with van der Waals surface area (Å²) >= 11 is 0. The predicted octanol–water partition coefficient (Wildman–Crippen LogP) is 2.05. The van der Waals surface area contributed by atoms with E-state index in [9.17, 15) is 19.0 Å². The van der Waals surface area contributed by atoms with E-state index >= 15 is 0 Å². The first kappa shape index (κ1) is 19.8. The van der Waals surface area contributed by atoms with E-state index in [1.807, 2.05) is 0 Å². The molecule has 3 atom stereocenters. The van der Waals surface area contributed by atoms with Crippen LogP contribution in [0.25, 0.3) is 0 Å². The van der Waals surface area contributed by atoms with Gasteiger partial charge in [0.25, 0.3) is 0 Å². The first-order chi connectivity index (χ1) is 13.6. The molecule has 3 rings (SSSR count). The molecule has 28 heavy (non-hydrogen) atoms. The largest absolute Gasteiger partial charge is 0.394 e. The third-order valence-corrected chi connectivity index (χ3v) is 5.09. The van der Waals surface area contributed by atoms with Gasteiger partial charge in [-0.05, 0) is 29.8 Å². The van der Waals surface area contributed by atoms with E-state index in [0.717, 1.165) is 0 Å². The Balaban J connectivity index is 2.27. The number of nitriles is 1. The van der Waals surface area contributed by atoms with E-state index in [-0.39, 0.29) is 24.2 Å². The van der Waals surface area contributed by atoms with Gasteiger partial charge in [0.15, 0.2) is 0 Å². The van der Waals surface area contributed by atoms with Gasteiger partial charge >= 0.3 is 0 Å². The van der Waals surface area contributed by atoms with Crippen LogP contribution < -0.4 is 4.90 Å². The molecule has 0 fully saturated rings. The number of guanidine groups is 1. The maximum atomic E-state index is 14.0. The number of hydrogen-bond donors (Lipinski definition) is 1. The highest BCUT2D eigenvalue weighted by Gasteiger charge is 2.41. The molecule has 0 saturated carbocycles. The third-order valence-electron chi connectivity index (χ3n) is 4.16. The van der Waals surface area contributed by atoms with Gasteiger partial charge in [-0.3, -0.25) is 9.11 Å². The van der Waals surface area contributed by atoms with Crippen LogP contribution in [0.15, 0.2) is 58.6 Å². The summed E-state index contributed by atoms with van der Waals surface area (Å²) in [6.07, 6.45) is 3.02. The van der Waals surface area contributed by atoms with Gasteiger partial charge in [-0.15, -0.1) is 0 Å². The lowest BCUT2D eigenvalue weighted by Gasteiger charge is -2.38. The number of aliphatic hydroxyl groups is 1. The minimum Gasteiger partial charge on any atom is -0.394 e. The van der Waals surface area contributed by atoms with Crippen LogP contribution in [-0.4, -0.2) is 44.7 Å². The molecule has 0 saturated heterocycles. The van der Waals surface area contributed by atoms with Gasteiger partial charge in [0, 0.05) is 12.5 Å². The molecule has 0 bridgehead atoms. The molecule has 0 radical (unpaired) electrons. The van der Waals surface area contributed by atoms with Crippen molar-refractivity contribution in [3.05, 3.63) is 60.0 Å². The highest BCUT2D eigenvalue weighted by atomic mass is 32.2. The number of nitrogens with zero attached hydrogens (tertiary/aromatic N) is 5. The van der Waals surface area contributed by atoms with Crippen LogP contribution in [0.3, 0.4) is 0 Å². The average Bonchev–Trinajstić information content (AvgIpc) is 2.71. The number of aliphatic hydroxyl groups excluding tert-OH is 1. The van der Waals surface area contributed by atoms with Gasteiger partial charge in [0.05, 0.1) is 36.1 Å². The summed E-state index contributed by atoms with van der Waals surface area (Å²) in [7, 11) is -1.54. The van der Waals surface area contributed by atoms with Crippen LogP contribution in [0, 0.1) is 23.1 Å². The Bertz CT molecular complexity index is 974. The molecule has 1 aliphatic heterocycles. The van der Waals surface area contributed by atoms with Crippen LogP contribution in [0.2, 0.25) is 0 Å². The molecule has 0 spiro atoms. The highest BCUT2D eigenvalue weighted by Crippen LogP contribution is 2.37. The first-order valence-electron chi connectivity index (χ1n) is 8.49. The smallest absolute Gasteiger partial charge is 0.227 e. The molecule has 3 unspecified atom stereocenters. The number of aromatic nitrogens is 1. The van der Waals surface area contributed by atoms with Crippen LogP contribution in [-0.2, 0) is 10.8 Å².